The predicted molar refractivity (Wildman–Crippen MR) is 110 cm³/mol. The summed E-state index contributed by atoms with van der Waals surface area (Å²) in [4.78, 5) is 32.2. The summed E-state index contributed by atoms with van der Waals surface area (Å²) in [6, 6.07) is 4.69. The zero-order valence-corrected chi connectivity index (χ0v) is 17.6. The minimum atomic E-state index is -0.441. The lowest BCUT2D eigenvalue weighted by Gasteiger charge is -2.34. The molecule has 0 bridgehead atoms. The van der Waals surface area contributed by atoms with Crippen LogP contribution < -0.4 is 0 Å². The average Bonchev–Trinajstić information content (AvgIpc) is 3.11. The molecule has 7 nitrogen and oxygen atoms in total. The Hall–Kier alpha value is -2.32. The van der Waals surface area contributed by atoms with Gasteiger partial charge in [0.25, 0.3) is 11.6 Å². The molecule has 1 amide bonds. The number of benzene rings is 1. The molecule has 2 aromatic rings. The molecule has 1 saturated heterocycles. The van der Waals surface area contributed by atoms with Gasteiger partial charge in [0.05, 0.1) is 17.2 Å². The van der Waals surface area contributed by atoms with Gasteiger partial charge in [-0.05, 0) is 13.0 Å². The predicted octanol–water partition coefficient (Wildman–Crippen LogP) is 3.62. The third kappa shape index (κ3) is 4.56. The lowest BCUT2D eigenvalue weighted by molar-refractivity contribution is -0.385. The Morgan fingerprint density at radius 1 is 1.25 bits per heavy atom. The molecule has 1 aromatic heterocycles. The van der Waals surface area contributed by atoms with Crippen molar-refractivity contribution in [3.05, 3.63) is 55.5 Å². The normalized spacial score (nSPS) is 15.6. The minimum absolute atomic E-state index is 0.0112. The molecule has 1 aromatic carbocycles. The number of hydrogen-bond acceptors (Lipinski definition) is 6. The Morgan fingerprint density at radius 2 is 1.93 bits per heavy atom. The number of rotatable bonds is 4. The van der Waals surface area contributed by atoms with E-state index in [0.29, 0.717) is 24.2 Å². The third-order valence-electron chi connectivity index (χ3n) is 4.99. The van der Waals surface area contributed by atoms with Crippen LogP contribution in [0.5, 0.6) is 0 Å². The van der Waals surface area contributed by atoms with Gasteiger partial charge in [0.2, 0.25) is 0 Å². The number of nitrogens with zero attached hydrogens (tertiary/aromatic N) is 4. The molecular weight excluding hydrogens is 376 g/mol. The summed E-state index contributed by atoms with van der Waals surface area (Å²) in [6.45, 7) is 11.7. The van der Waals surface area contributed by atoms with Crippen LogP contribution in [0.25, 0.3) is 0 Å². The standard InChI is InChI=1S/C20H26N4O3S/c1-14-5-6-15(11-16(14)24(26)27)19(25)23-9-7-22(8-10-23)12-18-21-17(13-28-18)20(2,3)4/h5-6,11,13H,7-10,12H2,1-4H3. The number of hydrogen-bond donors (Lipinski definition) is 0. The van der Waals surface area contributed by atoms with Crippen LogP contribution in [0.15, 0.2) is 23.6 Å². The fraction of sp³-hybridized carbons (Fsp3) is 0.500. The summed E-state index contributed by atoms with van der Waals surface area (Å²) < 4.78 is 0. The lowest BCUT2D eigenvalue weighted by Crippen LogP contribution is -2.48. The van der Waals surface area contributed by atoms with Crippen LogP contribution in [-0.4, -0.2) is 51.8 Å². The Labute approximate surface area is 169 Å². The number of aryl methyl sites for hydroxylation is 1. The molecule has 0 atom stereocenters. The maximum absolute atomic E-state index is 12.7. The maximum Gasteiger partial charge on any atom is 0.273 e. The maximum atomic E-state index is 12.7. The highest BCUT2D eigenvalue weighted by molar-refractivity contribution is 7.09. The van der Waals surface area contributed by atoms with Crippen LogP contribution in [0.1, 0.15) is 47.4 Å². The van der Waals surface area contributed by atoms with Crippen molar-refractivity contribution < 1.29 is 9.72 Å². The van der Waals surface area contributed by atoms with Gasteiger partial charge in [0.15, 0.2) is 0 Å². The van der Waals surface area contributed by atoms with Crippen LogP contribution in [0, 0.1) is 17.0 Å². The quantitative estimate of drug-likeness (QED) is 0.576. The van der Waals surface area contributed by atoms with Crippen molar-refractivity contribution in [2.24, 2.45) is 0 Å². The van der Waals surface area contributed by atoms with E-state index in [0.717, 1.165) is 30.3 Å². The van der Waals surface area contributed by atoms with Gasteiger partial charge in [-0.2, -0.15) is 0 Å². The summed E-state index contributed by atoms with van der Waals surface area (Å²) >= 11 is 1.68. The number of carbonyl (C=O) groups is 1. The highest BCUT2D eigenvalue weighted by Gasteiger charge is 2.25. The first kappa shape index (κ1) is 20.4. The van der Waals surface area contributed by atoms with E-state index >= 15 is 0 Å². The Morgan fingerprint density at radius 3 is 2.50 bits per heavy atom. The first-order valence-electron chi connectivity index (χ1n) is 9.36. The second-order valence-electron chi connectivity index (χ2n) is 8.20. The molecule has 28 heavy (non-hydrogen) atoms. The van der Waals surface area contributed by atoms with Crippen LogP contribution in [-0.2, 0) is 12.0 Å². The van der Waals surface area contributed by atoms with Crippen LogP contribution >= 0.6 is 11.3 Å². The largest absolute Gasteiger partial charge is 0.336 e. The van der Waals surface area contributed by atoms with Crippen molar-refractivity contribution in [1.82, 2.24) is 14.8 Å². The highest BCUT2D eigenvalue weighted by Crippen LogP contribution is 2.25. The molecule has 1 aliphatic heterocycles. The van der Waals surface area contributed by atoms with Gasteiger partial charge in [-0.3, -0.25) is 19.8 Å². The van der Waals surface area contributed by atoms with E-state index in [1.807, 2.05) is 0 Å². The monoisotopic (exact) mass is 402 g/mol. The van der Waals surface area contributed by atoms with Crippen molar-refractivity contribution in [1.29, 1.82) is 0 Å². The van der Waals surface area contributed by atoms with Crippen molar-refractivity contribution in [3.8, 4) is 0 Å². The molecule has 0 spiro atoms. The highest BCUT2D eigenvalue weighted by atomic mass is 32.1. The molecule has 3 rings (SSSR count). The third-order valence-corrected chi connectivity index (χ3v) is 5.82. The van der Waals surface area contributed by atoms with Gasteiger partial charge in [-0.15, -0.1) is 11.3 Å². The number of piperazine rings is 1. The second kappa shape index (κ2) is 7.97. The first-order valence-corrected chi connectivity index (χ1v) is 10.2. The molecule has 2 heterocycles. The van der Waals surface area contributed by atoms with Crippen molar-refractivity contribution in [3.63, 3.8) is 0 Å². The number of aromatic nitrogens is 1. The molecule has 0 unspecified atom stereocenters. The van der Waals surface area contributed by atoms with Crippen molar-refractivity contribution in [2.45, 2.75) is 39.7 Å². The van der Waals surface area contributed by atoms with E-state index in [9.17, 15) is 14.9 Å². The van der Waals surface area contributed by atoms with E-state index in [2.05, 4.69) is 31.1 Å². The molecule has 8 heteroatoms. The average molecular weight is 403 g/mol. The number of thiazole rings is 1. The Bertz CT molecular complexity index is 880. The minimum Gasteiger partial charge on any atom is -0.336 e. The zero-order chi connectivity index (χ0) is 20.5. The van der Waals surface area contributed by atoms with Gasteiger partial charge in [-0.1, -0.05) is 26.8 Å². The van der Waals surface area contributed by atoms with Crippen molar-refractivity contribution >= 4 is 22.9 Å². The molecule has 0 N–H and O–H groups in total. The number of nitro benzene ring substituents is 1. The molecule has 0 saturated carbocycles. The smallest absolute Gasteiger partial charge is 0.273 e. The molecule has 0 radical (unpaired) electrons. The molecule has 1 fully saturated rings. The fourth-order valence-corrected chi connectivity index (χ4v) is 4.21. The van der Waals surface area contributed by atoms with Crippen molar-refractivity contribution in [2.75, 3.05) is 26.2 Å². The van der Waals surface area contributed by atoms with E-state index in [1.54, 1.807) is 35.3 Å². The van der Waals surface area contributed by atoms with Crippen LogP contribution in [0.2, 0.25) is 0 Å². The Kier molecular flexibility index (Phi) is 5.81. The fourth-order valence-electron chi connectivity index (χ4n) is 3.15. The SMILES string of the molecule is Cc1ccc(C(=O)N2CCN(Cc3nc(C(C)(C)C)cs3)CC2)cc1[N+](=O)[O-]. The van der Waals surface area contributed by atoms with Gasteiger partial charge in [-0.25, -0.2) is 4.98 Å². The van der Waals surface area contributed by atoms with Gasteiger partial charge in [0.1, 0.15) is 5.01 Å². The Balaban J connectivity index is 1.59. The van der Waals surface area contributed by atoms with E-state index in [-0.39, 0.29) is 17.0 Å². The molecular formula is C20H26N4O3S. The lowest BCUT2D eigenvalue weighted by atomic mass is 9.93. The van der Waals surface area contributed by atoms with Crippen LogP contribution in [0.4, 0.5) is 5.69 Å². The summed E-state index contributed by atoms with van der Waals surface area (Å²) in [7, 11) is 0. The van der Waals surface area contributed by atoms with Crippen LogP contribution in [0.3, 0.4) is 0 Å². The first-order chi connectivity index (χ1) is 13.1. The van der Waals surface area contributed by atoms with Gasteiger partial charge < -0.3 is 4.90 Å². The van der Waals surface area contributed by atoms with E-state index < -0.39 is 4.92 Å². The number of amides is 1. The van der Waals surface area contributed by atoms with E-state index in [1.165, 1.54) is 6.07 Å². The second-order valence-corrected chi connectivity index (χ2v) is 9.15. The molecule has 1 aliphatic rings. The van der Waals surface area contributed by atoms with Gasteiger partial charge in [0, 0.05) is 54.2 Å². The summed E-state index contributed by atoms with van der Waals surface area (Å²) in [5, 5.41) is 14.3. The number of carbonyl (C=O) groups excluding carboxylic acids is 1. The van der Waals surface area contributed by atoms with Gasteiger partial charge >= 0.3 is 0 Å². The topological polar surface area (TPSA) is 79.6 Å². The number of nitro groups is 1. The summed E-state index contributed by atoms with van der Waals surface area (Å²) in [5.41, 5.74) is 2.09. The summed E-state index contributed by atoms with van der Waals surface area (Å²) in [6.07, 6.45) is 0. The molecule has 150 valence electrons. The molecule has 0 aliphatic carbocycles. The zero-order valence-electron chi connectivity index (χ0n) is 16.8. The summed E-state index contributed by atoms with van der Waals surface area (Å²) in [5.74, 6) is -0.146. The van der Waals surface area contributed by atoms with E-state index in [4.69, 9.17) is 4.98 Å².